The van der Waals surface area contributed by atoms with Gasteiger partial charge in [0.1, 0.15) is 0 Å². The molecule has 0 saturated heterocycles. The van der Waals surface area contributed by atoms with Crippen molar-refractivity contribution in [3.63, 3.8) is 0 Å². The van der Waals surface area contributed by atoms with E-state index in [9.17, 15) is 0 Å². The van der Waals surface area contributed by atoms with Crippen molar-refractivity contribution in [3.05, 3.63) is 11.8 Å². The van der Waals surface area contributed by atoms with Gasteiger partial charge in [0.05, 0.1) is 6.61 Å². The highest BCUT2D eigenvalue weighted by molar-refractivity contribution is 6.58. The van der Waals surface area contributed by atoms with E-state index in [-0.39, 0.29) is 0 Å². The molecule has 0 aliphatic heterocycles. The van der Waals surface area contributed by atoms with Crippen LogP contribution in [0, 0.1) is 0 Å². The molecule has 0 radical (unpaired) electrons. The van der Waals surface area contributed by atoms with E-state index < -0.39 is 9.12 Å². The van der Waals surface area contributed by atoms with Crippen LogP contribution in [0.5, 0.6) is 0 Å². The molecular weight excluding hydrogens is 228 g/mol. The first-order valence-electron chi connectivity index (χ1n) is 6.97. The molecule has 102 valence electrons. The molecule has 0 aromatic heterocycles. The summed E-state index contributed by atoms with van der Waals surface area (Å²) in [5, 5.41) is 0. The third-order valence-corrected chi connectivity index (χ3v) is 6.67. The smallest absolute Gasteiger partial charge is 0.215 e. The minimum Gasteiger partial charge on any atom is -0.378 e. The van der Waals surface area contributed by atoms with Crippen molar-refractivity contribution >= 4 is 9.12 Å². The van der Waals surface area contributed by atoms with Gasteiger partial charge in [-0.3, -0.25) is 0 Å². The summed E-state index contributed by atoms with van der Waals surface area (Å²) in [6.07, 6.45) is 2.21. The fourth-order valence-corrected chi connectivity index (χ4v) is 4.83. The van der Waals surface area contributed by atoms with Gasteiger partial charge in [0.15, 0.2) is 0 Å². The van der Waals surface area contributed by atoms with Gasteiger partial charge in [-0.25, -0.2) is 0 Å². The Hall–Kier alpha value is -0.163. The van der Waals surface area contributed by atoms with Crippen molar-refractivity contribution in [2.75, 3.05) is 39.4 Å². The van der Waals surface area contributed by atoms with E-state index in [1.165, 1.54) is 0 Å². The summed E-state index contributed by atoms with van der Waals surface area (Å²) in [6, 6.07) is 0. The van der Waals surface area contributed by atoms with Crippen LogP contribution in [-0.2, 0) is 4.74 Å². The fraction of sp³-hybridized carbons (Fsp3) is 0.846. The van der Waals surface area contributed by atoms with Gasteiger partial charge in [-0.2, -0.15) is 0 Å². The van der Waals surface area contributed by atoms with Crippen molar-refractivity contribution in [2.45, 2.75) is 34.6 Å². The lowest BCUT2D eigenvalue weighted by atomic mass is 10.7. The molecule has 0 spiro atoms. The summed E-state index contributed by atoms with van der Waals surface area (Å²) in [5.74, 6) is 0. The lowest BCUT2D eigenvalue weighted by Crippen LogP contribution is -2.51. The Morgan fingerprint density at radius 1 is 0.882 bits per heavy atom. The molecule has 0 rings (SSSR count). The van der Waals surface area contributed by atoms with E-state index in [1.807, 2.05) is 6.92 Å². The maximum atomic E-state index is 5.38. The minimum atomic E-state index is -1.10. The molecule has 0 aliphatic carbocycles. The first kappa shape index (κ1) is 16.8. The van der Waals surface area contributed by atoms with E-state index in [4.69, 9.17) is 4.74 Å². The molecule has 0 fully saturated rings. The normalized spacial score (nSPS) is 12.5. The second-order valence-electron chi connectivity index (χ2n) is 3.94. The molecule has 0 aliphatic rings. The highest BCUT2D eigenvalue weighted by Crippen LogP contribution is 2.03. The number of rotatable bonds is 10. The van der Waals surface area contributed by atoms with Crippen LogP contribution in [0.1, 0.15) is 34.6 Å². The Bertz CT molecular complexity index is 180. The van der Waals surface area contributed by atoms with Gasteiger partial charge < -0.3 is 13.9 Å². The molecule has 0 atom stereocenters. The van der Waals surface area contributed by atoms with Crippen LogP contribution in [0.3, 0.4) is 0 Å². The number of ether oxygens (including phenoxy) is 1. The molecule has 0 bridgehead atoms. The fourth-order valence-electron chi connectivity index (χ4n) is 2.03. The van der Waals surface area contributed by atoms with Crippen molar-refractivity contribution in [2.24, 2.45) is 0 Å². The zero-order valence-electron chi connectivity index (χ0n) is 12.3. The molecule has 0 unspecified atom stereocenters. The third kappa shape index (κ3) is 6.36. The molecule has 17 heavy (non-hydrogen) atoms. The van der Waals surface area contributed by atoms with Crippen molar-refractivity contribution in [1.82, 2.24) is 9.13 Å². The van der Waals surface area contributed by atoms with E-state index >= 15 is 0 Å². The van der Waals surface area contributed by atoms with E-state index in [1.54, 1.807) is 0 Å². The number of hydrogen-bond acceptors (Lipinski definition) is 3. The molecule has 3 nitrogen and oxygen atoms in total. The first-order valence-corrected chi connectivity index (χ1v) is 8.67. The van der Waals surface area contributed by atoms with Crippen LogP contribution in [0.4, 0.5) is 0 Å². The van der Waals surface area contributed by atoms with Gasteiger partial charge in [-0.05, 0) is 33.1 Å². The molecule has 0 saturated carbocycles. The van der Waals surface area contributed by atoms with E-state index in [2.05, 4.69) is 48.6 Å². The molecule has 4 heteroatoms. The molecule has 0 aromatic rings. The SMILES string of the molecule is CCOCC=C[SiH](N(CC)CC)N(CC)CC. The zero-order valence-corrected chi connectivity index (χ0v) is 13.4. The maximum absolute atomic E-state index is 5.38. The second kappa shape index (κ2) is 11.0. The van der Waals surface area contributed by atoms with Crippen LogP contribution in [0.25, 0.3) is 0 Å². The van der Waals surface area contributed by atoms with Crippen LogP contribution in [0.15, 0.2) is 11.8 Å². The standard InChI is InChI=1S/C13H30N2OSi/c1-6-14(7-2)17(15(8-3)9-4)13-11-12-16-10-5/h11,13,17H,6-10,12H2,1-5H3. The molecular formula is C13H30N2OSi. The molecule has 0 amide bonds. The van der Waals surface area contributed by atoms with Gasteiger partial charge in [-0.1, -0.05) is 39.5 Å². The molecule has 0 aromatic carbocycles. The zero-order chi connectivity index (χ0) is 13.1. The van der Waals surface area contributed by atoms with Gasteiger partial charge in [-0.15, -0.1) is 0 Å². The monoisotopic (exact) mass is 258 g/mol. The number of nitrogens with zero attached hydrogens (tertiary/aromatic N) is 2. The predicted molar refractivity (Wildman–Crippen MR) is 78.6 cm³/mol. The predicted octanol–water partition coefficient (Wildman–Crippen LogP) is 2.02. The Morgan fingerprint density at radius 3 is 1.71 bits per heavy atom. The van der Waals surface area contributed by atoms with Gasteiger partial charge >= 0.3 is 0 Å². The quantitative estimate of drug-likeness (QED) is 0.440. The van der Waals surface area contributed by atoms with Crippen molar-refractivity contribution < 1.29 is 4.74 Å². The molecule has 0 heterocycles. The Labute approximate surface area is 109 Å². The highest BCUT2D eigenvalue weighted by atomic mass is 28.3. The van der Waals surface area contributed by atoms with Crippen LogP contribution in [0.2, 0.25) is 0 Å². The van der Waals surface area contributed by atoms with Gasteiger partial charge in [0.25, 0.3) is 0 Å². The van der Waals surface area contributed by atoms with Crippen LogP contribution >= 0.6 is 0 Å². The van der Waals surface area contributed by atoms with Crippen LogP contribution in [-0.4, -0.2) is 57.6 Å². The molecule has 0 N–H and O–H groups in total. The third-order valence-electron chi connectivity index (χ3n) is 3.10. The Balaban J connectivity index is 4.53. The minimum absolute atomic E-state index is 0.753. The maximum Gasteiger partial charge on any atom is 0.215 e. The van der Waals surface area contributed by atoms with Crippen molar-refractivity contribution in [3.8, 4) is 0 Å². The van der Waals surface area contributed by atoms with Crippen LogP contribution < -0.4 is 0 Å². The number of hydrogen-bond donors (Lipinski definition) is 0. The summed E-state index contributed by atoms with van der Waals surface area (Å²) in [7, 11) is -1.10. The van der Waals surface area contributed by atoms with Gasteiger partial charge in [0.2, 0.25) is 9.12 Å². The summed E-state index contributed by atoms with van der Waals surface area (Å²) in [6.45, 7) is 17.2. The summed E-state index contributed by atoms with van der Waals surface area (Å²) >= 11 is 0. The summed E-state index contributed by atoms with van der Waals surface area (Å²) in [4.78, 5) is 0. The van der Waals surface area contributed by atoms with Crippen molar-refractivity contribution in [1.29, 1.82) is 0 Å². The summed E-state index contributed by atoms with van der Waals surface area (Å²) < 4.78 is 10.6. The average molecular weight is 258 g/mol. The first-order chi connectivity index (χ1) is 8.24. The van der Waals surface area contributed by atoms with E-state index in [0.717, 1.165) is 39.4 Å². The summed E-state index contributed by atoms with van der Waals surface area (Å²) in [5.41, 5.74) is 2.41. The lowest BCUT2D eigenvalue weighted by molar-refractivity contribution is 0.177. The largest absolute Gasteiger partial charge is 0.378 e. The topological polar surface area (TPSA) is 15.7 Å². The van der Waals surface area contributed by atoms with Gasteiger partial charge in [0, 0.05) is 6.61 Å². The van der Waals surface area contributed by atoms with E-state index in [0.29, 0.717) is 0 Å². The Kier molecular flexibility index (Phi) is 10.9. The highest BCUT2D eigenvalue weighted by Gasteiger charge is 2.20. The lowest BCUT2D eigenvalue weighted by Gasteiger charge is -2.34. The Morgan fingerprint density at radius 2 is 1.35 bits per heavy atom. The average Bonchev–Trinajstić information content (AvgIpc) is 2.36. The second-order valence-corrected chi connectivity index (χ2v) is 6.62.